The summed E-state index contributed by atoms with van der Waals surface area (Å²) >= 11 is 0. The molecule has 2 aromatic carbocycles. The van der Waals surface area contributed by atoms with Crippen LogP contribution in [0, 0.1) is 11.6 Å². The summed E-state index contributed by atoms with van der Waals surface area (Å²) in [6.45, 7) is 2.01. The summed E-state index contributed by atoms with van der Waals surface area (Å²) in [5.41, 5.74) is -0.838. The number of hydrogen-bond donors (Lipinski definition) is 1. The molecule has 0 fully saturated rings. The summed E-state index contributed by atoms with van der Waals surface area (Å²) in [7, 11) is -3.89. The first-order valence-electron chi connectivity index (χ1n) is 7.55. The van der Waals surface area contributed by atoms with E-state index in [2.05, 4.69) is 0 Å². The molecule has 0 radical (unpaired) electrons. The van der Waals surface area contributed by atoms with E-state index in [9.17, 15) is 22.0 Å². The van der Waals surface area contributed by atoms with E-state index in [0.29, 0.717) is 24.2 Å². The van der Waals surface area contributed by atoms with E-state index in [0.717, 1.165) is 12.3 Å². The molecule has 6 nitrogen and oxygen atoms in total. The molecule has 1 N–H and O–H groups in total. The fraction of sp³-hybridized carbons (Fsp3) is 0.235. The van der Waals surface area contributed by atoms with Crippen molar-refractivity contribution >= 4 is 15.9 Å². The first-order chi connectivity index (χ1) is 12.2. The van der Waals surface area contributed by atoms with Gasteiger partial charge in [-0.25, -0.2) is 21.9 Å². The Morgan fingerprint density at radius 2 is 1.73 bits per heavy atom. The molecule has 1 amide bonds. The van der Waals surface area contributed by atoms with Gasteiger partial charge in [0.05, 0.1) is 18.4 Å². The van der Waals surface area contributed by atoms with Crippen LogP contribution in [0.15, 0.2) is 36.4 Å². The van der Waals surface area contributed by atoms with Crippen molar-refractivity contribution in [2.75, 3.05) is 12.9 Å². The van der Waals surface area contributed by atoms with Crippen LogP contribution in [0.25, 0.3) is 0 Å². The first-order valence-corrected chi connectivity index (χ1v) is 9.44. The van der Waals surface area contributed by atoms with Crippen molar-refractivity contribution in [1.29, 1.82) is 0 Å². The highest BCUT2D eigenvalue weighted by molar-refractivity contribution is 7.89. The fourth-order valence-electron chi connectivity index (χ4n) is 2.08. The highest BCUT2D eigenvalue weighted by Crippen LogP contribution is 2.22. The van der Waals surface area contributed by atoms with Gasteiger partial charge in [0.15, 0.2) is 0 Å². The maximum Gasteiger partial charge on any atom is 0.267 e. The Kier molecular flexibility index (Phi) is 6.14. The molecule has 140 valence electrons. The summed E-state index contributed by atoms with van der Waals surface area (Å²) in [5.74, 6) is -2.24. The van der Waals surface area contributed by atoms with Crippen molar-refractivity contribution in [2.45, 2.75) is 13.5 Å². The zero-order chi connectivity index (χ0) is 19.3. The van der Waals surface area contributed by atoms with E-state index in [1.807, 2.05) is 6.92 Å². The van der Waals surface area contributed by atoms with Gasteiger partial charge in [-0.05, 0) is 31.2 Å². The Morgan fingerprint density at radius 3 is 2.35 bits per heavy atom. The van der Waals surface area contributed by atoms with Crippen LogP contribution in [0.1, 0.15) is 22.8 Å². The number of carbonyl (C=O) groups is 1. The molecule has 0 spiro atoms. The third-order valence-corrected chi connectivity index (χ3v) is 3.73. The maximum atomic E-state index is 14.1. The Balaban J connectivity index is 2.15. The number of nitrogens with one attached hydrogen (secondary N) is 1. The number of amides is 1. The number of ether oxygens (including phenoxy) is 2. The van der Waals surface area contributed by atoms with E-state index < -0.39 is 33.1 Å². The minimum atomic E-state index is -3.89. The van der Waals surface area contributed by atoms with Gasteiger partial charge in [-0.2, -0.15) is 0 Å². The van der Waals surface area contributed by atoms with Crippen LogP contribution >= 0.6 is 0 Å². The molecule has 0 saturated carbocycles. The van der Waals surface area contributed by atoms with E-state index in [1.165, 1.54) is 0 Å². The number of hydrogen-bond acceptors (Lipinski definition) is 5. The van der Waals surface area contributed by atoms with Gasteiger partial charge in [0.2, 0.25) is 10.0 Å². The zero-order valence-corrected chi connectivity index (χ0v) is 14.9. The maximum absolute atomic E-state index is 14.1. The summed E-state index contributed by atoms with van der Waals surface area (Å²) in [6, 6.07) is 8.07. The monoisotopic (exact) mass is 385 g/mol. The molecule has 0 bridgehead atoms. The third kappa shape index (κ3) is 5.41. The molecule has 26 heavy (non-hydrogen) atoms. The average Bonchev–Trinajstić information content (AvgIpc) is 2.54. The van der Waals surface area contributed by atoms with Crippen molar-refractivity contribution in [2.24, 2.45) is 0 Å². The zero-order valence-electron chi connectivity index (χ0n) is 14.1. The van der Waals surface area contributed by atoms with Crippen LogP contribution in [0.2, 0.25) is 0 Å². The van der Waals surface area contributed by atoms with Gasteiger partial charge in [-0.15, -0.1) is 0 Å². The summed E-state index contributed by atoms with van der Waals surface area (Å²) in [6.07, 6.45) is 0.734. The molecule has 2 aromatic rings. The number of carbonyl (C=O) groups excluding carboxylic acids is 1. The number of benzene rings is 2. The quantitative estimate of drug-likeness (QED) is 0.792. The average molecular weight is 385 g/mol. The van der Waals surface area contributed by atoms with E-state index >= 15 is 0 Å². The second kappa shape index (κ2) is 8.13. The lowest BCUT2D eigenvalue weighted by Crippen LogP contribution is -2.30. The lowest BCUT2D eigenvalue weighted by atomic mass is 10.1. The second-order valence-corrected chi connectivity index (χ2v) is 7.07. The van der Waals surface area contributed by atoms with Gasteiger partial charge in [-0.1, -0.05) is 6.07 Å². The van der Waals surface area contributed by atoms with Crippen LogP contribution in [-0.4, -0.2) is 27.2 Å². The van der Waals surface area contributed by atoms with Gasteiger partial charge in [0.25, 0.3) is 5.91 Å². The predicted octanol–water partition coefficient (Wildman–Crippen LogP) is 2.63. The van der Waals surface area contributed by atoms with Crippen LogP contribution in [0.5, 0.6) is 11.5 Å². The highest BCUT2D eigenvalue weighted by atomic mass is 32.2. The SMILES string of the molecule is CCOc1cccc(OCc2cc(F)c(C(=O)NS(C)(=O)=O)cc2F)c1. The smallest absolute Gasteiger partial charge is 0.267 e. The topological polar surface area (TPSA) is 81.7 Å². The molecule has 0 heterocycles. The second-order valence-electron chi connectivity index (χ2n) is 5.32. The summed E-state index contributed by atoms with van der Waals surface area (Å²) < 4.78 is 62.5. The molecule has 0 aliphatic rings. The van der Waals surface area contributed by atoms with Gasteiger partial charge in [-0.3, -0.25) is 4.79 Å². The molecule has 0 aliphatic carbocycles. The van der Waals surface area contributed by atoms with Gasteiger partial charge < -0.3 is 9.47 Å². The molecule has 9 heteroatoms. The third-order valence-electron chi connectivity index (χ3n) is 3.17. The Labute approximate surface area is 149 Å². The Morgan fingerprint density at radius 1 is 1.08 bits per heavy atom. The lowest BCUT2D eigenvalue weighted by Gasteiger charge is -2.11. The van der Waals surface area contributed by atoms with Crippen molar-refractivity contribution in [3.8, 4) is 11.5 Å². The normalized spacial score (nSPS) is 11.1. The molecule has 0 atom stereocenters. The molecular weight excluding hydrogens is 368 g/mol. The molecule has 0 unspecified atom stereocenters. The number of rotatable bonds is 7. The van der Waals surface area contributed by atoms with Gasteiger partial charge in [0.1, 0.15) is 29.7 Å². The van der Waals surface area contributed by atoms with Gasteiger partial charge in [0, 0.05) is 11.6 Å². The molecule has 0 aromatic heterocycles. The number of halogens is 2. The fourth-order valence-corrected chi connectivity index (χ4v) is 2.52. The van der Waals surface area contributed by atoms with Gasteiger partial charge >= 0.3 is 0 Å². The predicted molar refractivity (Wildman–Crippen MR) is 90.6 cm³/mol. The Bertz CT molecular complexity index is 915. The lowest BCUT2D eigenvalue weighted by molar-refractivity contribution is 0.0977. The standard InChI is InChI=1S/C17H17F2NO5S/c1-3-24-12-5-4-6-13(8-12)25-10-11-7-16(19)14(9-15(11)18)17(21)20-26(2,22)23/h4-9H,3,10H2,1-2H3,(H,20,21). The minimum Gasteiger partial charge on any atom is -0.494 e. The van der Waals surface area contributed by atoms with Crippen molar-refractivity contribution < 1.29 is 31.5 Å². The summed E-state index contributed by atoms with van der Waals surface area (Å²) in [4.78, 5) is 11.7. The molecule has 0 aliphatic heterocycles. The minimum absolute atomic E-state index is 0.125. The Hall–Kier alpha value is -2.68. The van der Waals surface area contributed by atoms with Crippen LogP contribution in [0.3, 0.4) is 0 Å². The first kappa shape index (κ1) is 19.6. The summed E-state index contributed by atoms with van der Waals surface area (Å²) in [5, 5.41) is 0. The number of sulfonamides is 1. The molecule has 0 saturated heterocycles. The molecule has 2 rings (SSSR count). The highest BCUT2D eigenvalue weighted by Gasteiger charge is 2.19. The van der Waals surface area contributed by atoms with Crippen molar-refractivity contribution in [3.63, 3.8) is 0 Å². The van der Waals surface area contributed by atoms with E-state index in [1.54, 1.807) is 29.0 Å². The largest absolute Gasteiger partial charge is 0.494 e. The van der Waals surface area contributed by atoms with E-state index in [4.69, 9.17) is 9.47 Å². The van der Waals surface area contributed by atoms with Crippen molar-refractivity contribution in [1.82, 2.24) is 4.72 Å². The van der Waals surface area contributed by atoms with E-state index in [-0.39, 0.29) is 12.2 Å². The molecular formula is C17H17F2NO5S. The van der Waals surface area contributed by atoms with Crippen LogP contribution in [-0.2, 0) is 16.6 Å². The van der Waals surface area contributed by atoms with Crippen molar-refractivity contribution in [3.05, 3.63) is 59.2 Å². The van der Waals surface area contributed by atoms with Crippen LogP contribution < -0.4 is 14.2 Å². The van der Waals surface area contributed by atoms with Crippen LogP contribution in [0.4, 0.5) is 8.78 Å².